The van der Waals surface area contributed by atoms with E-state index < -0.39 is 0 Å². The molecule has 0 heterocycles. The molecular formula is C16H15BrClFN2O. The van der Waals surface area contributed by atoms with E-state index in [2.05, 4.69) is 26.6 Å². The topological polar surface area (TPSA) is 41.1 Å². The number of rotatable bonds is 5. The van der Waals surface area contributed by atoms with Gasteiger partial charge in [0.05, 0.1) is 23.3 Å². The molecule has 0 bridgehead atoms. The highest BCUT2D eigenvalue weighted by Crippen LogP contribution is 2.25. The van der Waals surface area contributed by atoms with Crippen LogP contribution in [0.4, 0.5) is 10.1 Å². The van der Waals surface area contributed by atoms with Gasteiger partial charge in [0.15, 0.2) is 0 Å². The van der Waals surface area contributed by atoms with Crippen molar-refractivity contribution in [3.63, 3.8) is 0 Å². The van der Waals surface area contributed by atoms with Crippen LogP contribution in [0, 0.1) is 5.82 Å². The van der Waals surface area contributed by atoms with Crippen molar-refractivity contribution >= 4 is 39.1 Å². The first-order chi connectivity index (χ1) is 10.5. The summed E-state index contributed by atoms with van der Waals surface area (Å²) in [7, 11) is 0. The Hall–Kier alpha value is -1.59. The van der Waals surface area contributed by atoms with Crippen LogP contribution in [0.2, 0.25) is 5.02 Å². The maximum absolute atomic E-state index is 12.9. The Kier molecular flexibility index (Phi) is 5.80. The third-order valence-electron chi connectivity index (χ3n) is 3.12. The summed E-state index contributed by atoms with van der Waals surface area (Å²) in [5, 5.41) is 6.36. The predicted molar refractivity (Wildman–Crippen MR) is 90.6 cm³/mol. The maximum Gasteiger partial charge on any atom is 0.239 e. The van der Waals surface area contributed by atoms with E-state index in [0.29, 0.717) is 10.7 Å². The van der Waals surface area contributed by atoms with Crippen molar-refractivity contribution in [2.45, 2.75) is 13.0 Å². The normalized spacial score (nSPS) is 11.8. The number of carbonyl (C=O) groups is 1. The number of hydrogen-bond donors (Lipinski definition) is 2. The van der Waals surface area contributed by atoms with Crippen molar-refractivity contribution in [3.8, 4) is 0 Å². The van der Waals surface area contributed by atoms with Crippen molar-refractivity contribution in [1.82, 2.24) is 5.32 Å². The molecule has 2 rings (SSSR count). The zero-order valence-electron chi connectivity index (χ0n) is 11.9. The average Bonchev–Trinajstić information content (AvgIpc) is 2.47. The molecule has 0 aliphatic rings. The molecular weight excluding hydrogens is 371 g/mol. The van der Waals surface area contributed by atoms with Gasteiger partial charge in [-0.2, -0.15) is 0 Å². The average molecular weight is 386 g/mol. The fourth-order valence-corrected chi connectivity index (χ4v) is 2.68. The highest BCUT2D eigenvalue weighted by molar-refractivity contribution is 9.10. The van der Waals surface area contributed by atoms with Crippen molar-refractivity contribution in [2.24, 2.45) is 0 Å². The van der Waals surface area contributed by atoms with Gasteiger partial charge in [-0.25, -0.2) is 4.39 Å². The Labute approximate surface area is 142 Å². The van der Waals surface area contributed by atoms with Gasteiger partial charge in [-0.1, -0.05) is 39.7 Å². The molecule has 2 aromatic carbocycles. The number of halogens is 3. The van der Waals surface area contributed by atoms with Gasteiger partial charge in [-0.3, -0.25) is 4.79 Å². The molecule has 1 unspecified atom stereocenters. The Bertz CT molecular complexity index is 664. The van der Waals surface area contributed by atoms with E-state index in [1.807, 2.05) is 13.0 Å². The lowest BCUT2D eigenvalue weighted by atomic mass is 10.1. The van der Waals surface area contributed by atoms with Gasteiger partial charge >= 0.3 is 0 Å². The Morgan fingerprint density at radius 2 is 1.95 bits per heavy atom. The van der Waals surface area contributed by atoms with E-state index in [1.54, 1.807) is 24.3 Å². The monoisotopic (exact) mass is 384 g/mol. The van der Waals surface area contributed by atoms with Crippen LogP contribution in [0.3, 0.4) is 0 Å². The zero-order valence-corrected chi connectivity index (χ0v) is 14.2. The second-order valence-corrected chi connectivity index (χ2v) is 6.14. The SMILES string of the molecule is CC(NC(=O)CNc1ccc(Br)cc1Cl)c1ccc(F)cc1. The third-order valence-corrected chi connectivity index (χ3v) is 3.92. The van der Waals surface area contributed by atoms with Crippen LogP contribution in [0.5, 0.6) is 0 Å². The van der Waals surface area contributed by atoms with Crippen LogP contribution in [-0.4, -0.2) is 12.5 Å². The van der Waals surface area contributed by atoms with Crippen LogP contribution >= 0.6 is 27.5 Å². The summed E-state index contributed by atoms with van der Waals surface area (Å²) in [5.74, 6) is -0.468. The summed E-state index contributed by atoms with van der Waals surface area (Å²) in [6.45, 7) is 1.95. The third kappa shape index (κ3) is 4.71. The summed E-state index contributed by atoms with van der Waals surface area (Å²) < 4.78 is 13.7. The smallest absolute Gasteiger partial charge is 0.239 e. The molecule has 0 spiro atoms. The molecule has 0 saturated heterocycles. The first-order valence-corrected chi connectivity index (χ1v) is 7.86. The Morgan fingerprint density at radius 1 is 1.27 bits per heavy atom. The molecule has 0 aliphatic heterocycles. The molecule has 1 amide bonds. The minimum atomic E-state index is -0.297. The molecule has 3 nitrogen and oxygen atoms in total. The van der Waals surface area contributed by atoms with Crippen LogP contribution in [0.15, 0.2) is 46.9 Å². The van der Waals surface area contributed by atoms with Crippen LogP contribution in [0.1, 0.15) is 18.5 Å². The van der Waals surface area contributed by atoms with Gasteiger partial charge in [0.25, 0.3) is 0 Å². The molecule has 0 radical (unpaired) electrons. The van der Waals surface area contributed by atoms with Crippen LogP contribution in [-0.2, 0) is 4.79 Å². The fourth-order valence-electron chi connectivity index (χ4n) is 1.94. The number of hydrogen-bond acceptors (Lipinski definition) is 2. The van der Waals surface area contributed by atoms with Crippen LogP contribution in [0.25, 0.3) is 0 Å². The summed E-state index contributed by atoms with van der Waals surface area (Å²) in [6, 6.07) is 11.2. The molecule has 0 aliphatic carbocycles. The Morgan fingerprint density at radius 3 is 2.59 bits per heavy atom. The van der Waals surface area contributed by atoms with E-state index >= 15 is 0 Å². The van der Waals surface area contributed by atoms with E-state index in [-0.39, 0.29) is 24.3 Å². The number of nitrogens with one attached hydrogen (secondary N) is 2. The number of benzene rings is 2. The highest BCUT2D eigenvalue weighted by atomic mass is 79.9. The summed E-state index contributed by atoms with van der Waals surface area (Å²) >= 11 is 9.39. The largest absolute Gasteiger partial charge is 0.375 e. The standard InChI is InChI=1S/C16H15BrClFN2O/c1-10(11-2-5-13(19)6-3-11)21-16(22)9-20-15-7-4-12(17)8-14(15)18/h2-8,10,20H,9H2,1H3,(H,21,22). The molecule has 116 valence electrons. The number of anilines is 1. The van der Waals surface area contributed by atoms with Crippen molar-refractivity contribution < 1.29 is 9.18 Å². The van der Waals surface area contributed by atoms with Gasteiger partial charge in [0.1, 0.15) is 5.82 Å². The molecule has 0 saturated carbocycles. The maximum atomic E-state index is 12.9. The predicted octanol–water partition coefficient (Wildman–Crippen LogP) is 4.53. The first-order valence-electron chi connectivity index (χ1n) is 6.69. The van der Waals surface area contributed by atoms with Crippen molar-refractivity contribution in [3.05, 3.63) is 63.3 Å². The van der Waals surface area contributed by atoms with Gasteiger partial charge in [0, 0.05) is 4.47 Å². The molecule has 6 heteroatoms. The molecule has 22 heavy (non-hydrogen) atoms. The highest BCUT2D eigenvalue weighted by Gasteiger charge is 2.10. The second-order valence-electron chi connectivity index (χ2n) is 4.82. The minimum Gasteiger partial charge on any atom is -0.375 e. The summed E-state index contributed by atoms with van der Waals surface area (Å²) in [6.07, 6.45) is 0. The van der Waals surface area contributed by atoms with Gasteiger partial charge in [0.2, 0.25) is 5.91 Å². The first kappa shape index (κ1) is 16.8. The summed E-state index contributed by atoms with van der Waals surface area (Å²) in [5.41, 5.74) is 1.53. The van der Waals surface area contributed by atoms with Gasteiger partial charge < -0.3 is 10.6 Å². The summed E-state index contributed by atoms with van der Waals surface area (Å²) in [4.78, 5) is 11.9. The molecule has 1 atom stereocenters. The van der Waals surface area contributed by atoms with Crippen molar-refractivity contribution in [1.29, 1.82) is 0 Å². The van der Waals surface area contributed by atoms with E-state index in [9.17, 15) is 9.18 Å². The van der Waals surface area contributed by atoms with E-state index in [1.165, 1.54) is 12.1 Å². The van der Waals surface area contributed by atoms with Gasteiger partial charge in [-0.15, -0.1) is 0 Å². The minimum absolute atomic E-state index is 0.104. The molecule has 2 aromatic rings. The molecule has 2 N–H and O–H groups in total. The fraction of sp³-hybridized carbons (Fsp3) is 0.188. The van der Waals surface area contributed by atoms with Gasteiger partial charge in [-0.05, 0) is 42.8 Å². The van der Waals surface area contributed by atoms with E-state index in [0.717, 1.165) is 10.0 Å². The molecule has 0 fully saturated rings. The number of carbonyl (C=O) groups excluding carboxylic acids is 1. The Balaban J connectivity index is 1.88. The lowest BCUT2D eigenvalue weighted by molar-refractivity contribution is -0.120. The quantitative estimate of drug-likeness (QED) is 0.794. The lowest BCUT2D eigenvalue weighted by Gasteiger charge is -2.15. The van der Waals surface area contributed by atoms with E-state index in [4.69, 9.17) is 11.6 Å². The second kappa shape index (κ2) is 7.61. The number of amides is 1. The van der Waals surface area contributed by atoms with Crippen LogP contribution < -0.4 is 10.6 Å². The molecule has 0 aromatic heterocycles. The lowest BCUT2D eigenvalue weighted by Crippen LogP contribution is -2.32. The zero-order chi connectivity index (χ0) is 16.1. The van der Waals surface area contributed by atoms with Crippen molar-refractivity contribution in [2.75, 3.05) is 11.9 Å².